The summed E-state index contributed by atoms with van der Waals surface area (Å²) in [5, 5.41) is 13.0. The van der Waals surface area contributed by atoms with Gasteiger partial charge in [-0.1, -0.05) is 17.7 Å². The summed E-state index contributed by atoms with van der Waals surface area (Å²) in [5.41, 5.74) is 4.32. The fourth-order valence-electron chi connectivity index (χ4n) is 2.31. The summed E-state index contributed by atoms with van der Waals surface area (Å²) in [6, 6.07) is 7.27. The number of guanidine groups is 1. The standard InChI is InChI=1S/C16H20F3N5O/c1-11-3-5-12(6-4-11)23-14(20)22-8-7-15(25,16(17,18)19)13-21-9-10-24(13)2/h3-6,9-10,25H,7-8H2,1-2H3,(H3,20,22,23). The number of nitrogens with two attached hydrogens (primary N) is 1. The smallest absolute Gasteiger partial charge is 0.374 e. The molecular weight excluding hydrogens is 335 g/mol. The van der Waals surface area contributed by atoms with Crippen LogP contribution < -0.4 is 11.1 Å². The fraction of sp³-hybridized carbons (Fsp3) is 0.375. The van der Waals surface area contributed by atoms with Gasteiger partial charge in [-0.05, 0) is 19.1 Å². The molecule has 4 N–H and O–H groups in total. The summed E-state index contributed by atoms with van der Waals surface area (Å²) in [4.78, 5) is 7.49. The third-order valence-electron chi connectivity index (χ3n) is 3.74. The molecule has 0 saturated heterocycles. The van der Waals surface area contributed by atoms with Crippen molar-refractivity contribution in [3.63, 3.8) is 0 Å². The molecule has 0 radical (unpaired) electrons. The number of aromatic nitrogens is 2. The van der Waals surface area contributed by atoms with Crippen molar-refractivity contribution in [3.8, 4) is 0 Å². The highest BCUT2D eigenvalue weighted by molar-refractivity contribution is 5.92. The minimum Gasteiger partial charge on any atom is -0.374 e. The van der Waals surface area contributed by atoms with E-state index >= 15 is 0 Å². The van der Waals surface area contributed by atoms with Gasteiger partial charge in [-0.25, -0.2) is 4.98 Å². The number of benzene rings is 1. The molecule has 2 aromatic rings. The number of nitrogens with one attached hydrogen (secondary N) is 1. The van der Waals surface area contributed by atoms with E-state index in [1.54, 1.807) is 12.1 Å². The van der Waals surface area contributed by atoms with Gasteiger partial charge in [0, 0.05) is 38.1 Å². The first-order chi connectivity index (χ1) is 11.6. The van der Waals surface area contributed by atoms with Crippen molar-refractivity contribution in [1.82, 2.24) is 9.55 Å². The number of rotatable bonds is 5. The van der Waals surface area contributed by atoms with Crippen LogP contribution in [0.2, 0.25) is 0 Å². The number of hydrogen-bond donors (Lipinski definition) is 3. The molecule has 0 aliphatic heterocycles. The van der Waals surface area contributed by atoms with Crippen molar-refractivity contribution in [2.24, 2.45) is 17.8 Å². The Kier molecular flexibility index (Phi) is 5.36. The molecule has 0 fully saturated rings. The van der Waals surface area contributed by atoms with Crippen LogP contribution in [-0.2, 0) is 12.6 Å². The molecule has 1 aromatic heterocycles. The molecule has 25 heavy (non-hydrogen) atoms. The van der Waals surface area contributed by atoms with Crippen molar-refractivity contribution < 1.29 is 18.3 Å². The number of halogens is 3. The second-order valence-electron chi connectivity index (χ2n) is 5.73. The highest BCUT2D eigenvalue weighted by Gasteiger charge is 2.57. The SMILES string of the molecule is Cc1ccc(NC(N)=NCCC(O)(c2nccn2C)C(F)(F)F)cc1. The van der Waals surface area contributed by atoms with Gasteiger partial charge in [0.25, 0.3) is 0 Å². The molecular formula is C16H20F3N5O. The number of aliphatic imine (C=N–C) groups is 1. The zero-order valence-corrected chi connectivity index (χ0v) is 13.9. The second kappa shape index (κ2) is 7.14. The molecule has 2 rings (SSSR count). The van der Waals surface area contributed by atoms with Gasteiger partial charge in [-0.3, -0.25) is 4.99 Å². The number of alkyl halides is 3. The highest BCUT2D eigenvalue weighted by atomic mass is 19.4. The van der Waals surface area contributed by atoms with E-state index in [4.69, 9.17) is 5.73 Å². The Morgan fingerprint density at radius 1 is 1.32 bits per heavy atom. The zero-order valence-electron chi connectivity index (χ0n) is 13.9. The number of hydrogen-bond acceptors (Lipinski definition) is 3. The third kappa shape index (κ3) is 4.30. The predicted molar refractivity (Wildman–Crippen MR) is 89.1 cm³/mol. The van der Waals surface area contributed by atoms with Gasteiger partial charge in [0.05, 0.1) is 0 Å². The Hall–Kier alpha value is -2.55. The lowest BCUT2D eigenvalue weighted by atomic mass is 9.98. The molecule has 9 heteroatoms. The number of aliphatic hydroxyl groups is 1. The normalized spacial score (nSPS) is 15.0. The van der Waals surface area contributed by atoms with Gasteiger partial charge in [0.1, 0.15) is 5.82 Å². The zero-order chi connectivity index (χ0) is 18.7. The lowest BCUT2D eigenvalue weighted by Gasteiger charge is -2.29. The summed E-state index contributed by atoms with van der Waals surface area (Å²) in [6.45, 7) is 1.60. The summed E-state index contributed by atoms with van der Waals surface area (Å²) in [5.74, 6) is -0.520. The maximum Gasteiger partial charge on any atom is 0.424 e. The van der Waals surface area contributed by atoms with Crippen molar-refractivity contribution in [2.75, 3.05) is 11.9 Å². The van der Waals surface area contributed by atoms with E-state index in [1.807, 2.05) is 19.1 Å². The highest BCUT2D eigenvalue weighted by Crippen LogP contribution is 2.40. The average molecular weight is 355 g/mol. The first-order valence-corrected chi connectivity index (χ1v) is 7.54. The number of anilines is 1. The molecule has 0 aliphatic rings. The topological polar surface area (TPSA) is 88.5 Å². The molecule has 0 saturated carbocycles. The van der Waals surface area contributed by atoms with E-state index in [2.05, 4.69) is 15.3 Å². The molecule has 1 heterocycles. The second-order valence-corrected chi connectivity index (χ2v) is 5.73. The van der Waals surface area contributed by atoms with Crippen molar-refractivity contribution in [1.29, 1.82) is 0 Å². The summed E-state index contributed by atoms with van der Waals surface area (Å²) in [6.07, 6.45) is -3.05. The molecule has 6 nitrogen and oxygen atoms in total. The van der Waals surface area contributed by atoms with Crippen molar-refractivity contribution >= 4 is 11.6 Å². The Labute approximate surface area is 143 Å². The van der Waals surface area contributed by atoms with Gasteiger partial charge in [0.2, 0.25) is 5.60 Å². The van der Waals surface area contributed by atoms with Crippen LogP contribution in [-0.4, -0.2) is 33.3 Å². The van der Waals surface area contributed by atoms with Crippen molar-refractivity contribution in [2.45, 2.75) is 25.1 Å². The fourth-order valence-corrected chi connectivity index (χ4v) is 2.31. The Morgan fingerprint density at radius 2 is 1.96 bits per heavy atom. The Balaban J connectivity index is 2.08. The Bertz CT molecular complexity index is 739. The number of nitrogens with zero attached hydrogens (tertiary/aromatic N) is 3. The van der Waals surface area contributed by atoms with Gasteiger partial charge in [0.15, 0.2) is 5.96 Å². The van der Waals surface area contributed by atoms with Crippen LogP contribution in [0, 0.1) is 6.92 Å². The third-order valence-corrected chi connectivity index (χ3v) is 3.74. The van der Waals surface area contributed by atoms with Crippen LogP contribution in [0.3, 0.4) is 0 Å². The summed E-state index contributed by atoms with van der Waals surface area (Å²) < 4.78 is 41.2. The van der Waals surface area contributed by atoms with Crippen molar-refractivity contribution in [3.05, 3.63) is 48.0 Å². The van der Waals surface area contributed by atoms with Crippen LogP contribution in [0.25, 0.3) is 0 Å². The van der Waals surface area contributed by atoms with Crippen LogP contribution in [0.15, 0.2) is 41.7 Å². The van der Waals surface area contributed by atoms with Crippen LogP contribution >= 0.6 is 0 Å². The first-order valence-electron chi connectivity index (χ1n) is 7.54. The van der Waals surface area contributed by atoms with E-state index in [0.29, 0.717) is 5.69 Å². The minimum atomic E-state index is -4.89. The van der Waals surface area contributed by atoms with Crippen LogP contribution in [0.5, 0.6) is 0 Å². The maximum absolute atomic E-state index is 13.4. The summed E-state index contributed by atoms with van der Waals surface area (Å²) >= 11 is 0. The molecule has 0 spiro atoms. The molecule has 1 aromatic carbocycles. The average Bonchev–Trinajstić information content (AvgIpc) is 2.95. The summed E-state index contributed by atoms with van der Waals surface area (Å²) in [7, 11) is 1.38. The van der Waals surface area contributed by atoms with Crippen LogP contribution in [0.4, 0.5) is 18.9 Å². The molecule has 0 aliphatic carbocycles. The van der Waals surface area contributed by atoms with Gasteiger partial charge < -0.3 is 20.7 Å². The molecule has 136 valence electrons. The monoisotopic (exact) mass is 355 g/mol. The van der Waals surface area contributed by atoms with E-state index in [9.17, 15) is 18.3 Å². The van der Waals surface area contributed by atoms with E-state index in [0.717, 1.165) is 10.1 Å². The van der Waals surface area contributed by atoms with E-state index < -0.39 is 24.0 Å². The molecule has 0 bridgehead atoms. The number of imidazole rings is 1. The lowest BCUT2D eigenvalue weighted by molar-refractivity contribution is -0.272. The molecule has 1 atom stereocenters. The van der Waals surface area contributed by atoms with E-state index in [1.165, 1.54) is 19.4 Å². The predicted octanol–water partition coefficient (Wildman–Crippen LogP) is 2.30. The lowest BCUT2D eigenvalue weighted by Crippen LogP contribution is -2.45. The number of aryl methyl sites for hydroxylation is 2. The maximum atomic E-state index is 13.4. The minimum absolute atomic E-state index is 0.0341. The van der Waals surface area contributed by atoms with Crippen LogP contribution in [0.1, 0.15) is 17.8 Å². The van der Waals surface area contributed by atoms with Gasteiger partial charge >= 0.3 is 6.18 Å². The Morgan fingerprint density at radius 3 is 2.48 bits per heavy atom. The molecule has 1 unspecified atom stereocenters. The van der Waals surface area contributed by atoms with Gasteiger partial charge in [-0.2, -0.15) is 13.2 Å². The first kappa shape index (κ1) is 18.8. The largest absolute Gasteiger partial charge is 0.424 e. The van der Waals surface area contributed by atoms with Gasteiger partial charge in [-0.15, -0.1) is 0 Å². The molecule has 0 amide bonds. The quantitative estimate of drug-likeness (QED) is 0.567. The van der Waals surface area contributed by atoms with E-state index in [-0.39, 0.29) is 12.5 Å².